The van der Waals surface area contributed by atoms with Gasteiger partial charge in [0.25, 0.3) is 0 Å². The zero-order chi connectivity index (χ0) is 24.9. The van der Waals surface area contributed by atoms with Gasteiger partial charge in [0.05, 0.1) is 13.2 Å². The minimum Gasteiger partial charge on any atom is -0.467 e. The van der Waals surface area contributed by atoms with Gasteiger partial charge < -0.3 is 30.7 Å². The number of rotatable bonds is 12. The maximum absolute atomic E-state index is 12.9. The molecule has 2 unspecified atom stereocenters. The summed E-state index contributed by atoms with van der Waals surface area (Å²) in [7, 11) is 1.24. The molecule has 1 aliphatic heterocycles. The fourth-order valence-electron chi connectivity index (χ4n) is 3.62. The van der Waals surface area contributed by atoms with Gasteiger partial charge in [-0.25, -0.2) is 9.59 Å². The van der Waals surface area contributed by atoms with Crippen molar-refractivity contribution in [2.24, 2.45) is 5.92 Å². The lowest BCUT2D eigenvalue weighted by Crippen LogP contribution is -2.56. The molecule has 0 bridgehead atoms. The van der Waals surface area contributed by atoms with E-state index in [2.05, 4.69) is 21.3 Å². The predicted molar refractivity (Wildman–Crippen MR) is 126 cm³/mol. The molecule has 10 nitrogen and oxygen atoms in total. The molecule has 1 heterocycles. The second kappa shape index (κ2) is 14.2. The van der Waals surface area contributed by atoms with Gasteiger partial charge >= 0.3 is 12.1 Å². The van der Waals surface area contributed by atoms with Crippen LogP contribution in [0.1, 0.15) is 45.1 Å². The number of esters is 1. The molecule has 0 radical (unpaired) electrons. The molecule has 0 saturated carbocycles. The third kappa shape index (κ3) is 9.01. The molecule has 0 aromatic heterocycles. The fraction of sp³-hybridized carbons (Fsp3) is 0.583. The monoisotopic (exact) mass is 476 g/mol. The fourth-order valence-corrected chi connectivity index (χ4v) is 3.62. The van der Waals surface area contributed by atoms with Gasteiger partial charge in [0.2, 0.25) is 11.8 Å². The van der Waals surface area contributed by atoms with Gasteiger partial charge in [-0.15, -0.1) is 0 Å². The lowest BCUT2D eigenvalue weighted by molar-refractivity contribution is -0.145. The van der Waals surface area contributed by atoms with Crippen LogP contribution in [-0.4, -0.2) is 62.2 Å². The van der Waals surface area contributed by atoms with E-state index in [-0.39, 0.29) is 37.4 Å². The highest BCUT2D eigenvalue weighted by atomic mass is 16.5. The molecule has 1 fully saturated rings. The van der Waals surface area contributed by atoms with Crippen molar-refractivity contribution >= 4 is 23.9 Å². The normalized spacial score (nSPS) is 16.9. The molecule has 3 amide bonds. The van der Waals surface area contributed by atoms with Crippen LogP contribution in [-0.2, 0) is 30.5 Å². The van der Waals surface area contributed by atoms with Crippen LogP contribution in [0.25, 0.3) is 0 Å². The smallest absolute Gasteiger partial charge is 0.407 e. The Balaban J connectivity index is 1.80. The van der Waals surface area contributed by atoms with Crippen molar-refractivity contribution in [1.82, 2.24) is 21.3 Å². The Morgan fingerprint density at radius 2 is 1.85 bits per heavy atom. The lowest BCUT2D eigenvalue weighted by atomic mass is 10.0. The van der Waals surface area contributed by atoms with Crippen LogP contribution in [0.3, 0.4) is 0 Å². The summed E-state index contributed by atoms with van der Waals surface area (Å²) in [5, 5.41) is 11.2. The van der Waals surface area contributed by atoms with Crippen molar-refractivity contribution in [1.29, 1.82) is 0 Å². The molecule has 1 aliphatic rings. The van der Waals surface area contributed by atoms with Gasteiger partial charge in [-0.05, 0) is 43.7 Å². The molecule has 1 saturated heterocycles. The lowest BCUT2D eigenvalue weighted by Gasteiger charge is -2.25. The largest absolute Gasteiger partial charge is 0.467 e. The topological polar surface area (TPSA) is 135 Å². The van der Waals surface area contributed by atoms with Crippen LogP contribution >= 0.6 is 0 Å². The number of hydrogen-bond donors (Lipinski definition) is 4. The molecule has 2 rings (SSSR count). The van der Waals surface area contributed by atoms with Crippen molar-refractivity contribution in [3.8, 4) is 0 Å². The second-order valence-electron chi connectivity index (χ2n) is 8.59. The maximum atomic E-state index is 12.9. The Labute approximate surface area is 200 Å². The Morgan fingerprint density at radius 3 is 2.47 bits per heavy atom. The highest BCUT2D eigenvalue weighted by molar-refractivity contribution is 5.92. The van der Waals surface area contributed by atoms with Gasteiger partial charge in [-0.3, -0.25) is 9.59 Å². The maximum Gasteiger partial charge on any atom is 0.407 e. The number of hydrogen-bond acceptors (Lipinski definition) is 7. The Bertz CT molecular complexity index is 811. The van der Waals surface area contributed by atoms with Gasteiger partial charge in [0.1, 0.15) is 18.7 Å². The van der Waals surface area contributed by atoms with Crippen LogP contribution in [0.5, 0.6) is 0 Å². The summed E-state index contributed by atoms with van der Waals surface area (Å²) >= 11 is 0. The van der Waals surface area contributed by atoms with Crippen molar-refractivity contribution in [3.05, 3.63) is 35.9 Å². The summed E-state index contributed by atoms with van der Waals surface area (Å²) in [5.41, 5.74) is 0.877. The van der Waals surface area contributed by atoms with E-state index in [1.54, 1.807) is 0 Å². The molecule has 0 spiro atoms. The van der Waals surface area contributed by atoms with Crippen molar-refractivity contribution in [2.45, 2.75) is 64.3 Å². The van der Waals surface area contributed by atoms with Gasteiger partial charge in [0, 0.05) is 6.54 Å². The number of benzene rings is 1. The number of carbonyl (C=O) groups is 4. The Hall–Kier alpha value is -3.14. The molecule has 4 N–H and O–H groups in total. The van der Waals surface area contributed by atoms with E-state index in [0.29, 0.717) is 6.42 Å². The minimum absolute atomic E-state index is 0.159. The number of amides is 3. The van der Waals surface area contributed by atoms with Crippen LogP contribution in [0, 0.1) is 5.92 Å². The first-order valence-corrected chi connectivity index (χ1v) is 11.7. The zero-order valence-electron chi connectivity index (χ0n) is 20.1. The van der Waals surface area contributed by atoms with Gasteiger partial charge in [-0.1, -0.05) is 44.2 Å². The molecule has 1 aromatic rings. The summed E-state index contributed by atoms with van der Waals surface area (Å²) in [6, 6.07) is 7.32. The summed E-state index contributed by atoms with van der Waals surface area (Å²) in [6.45, 7) is 4.84. The summed E-state index contributed by atoms with van der Waals surface area (Å²) in [6.07, 6.45) is 1.73. The summed E-state index contributed by atoms with van der Waals surface area (Å²) in [5.74, 6) is -1.44. The van der Waals surface area contributed by atoms with Gasteiger partial charge in [-0.2, -0.15) is 0 Å². The predicted octanol–water partition coefficient (Wildman–Crippen LogP) is 1.24. The molecule has 34 heavy (non-hydrogen) atoms. The highest BCUT2D eigenvalue weighted by Crippen LogP contribution is 2.09. The van der Waals surface area contributed by atoms with E-state index in [1.807, 2.05) is 44.2 Å². The first kappa shape index (κ1) is 27.1. The van der Waals surface area contributed by atoms with E-state index in [1.165, 1.54) is 7.11 Å². The number of carbonyl (C=O) groups excluding carboxylic acids is 4. The van der Waals surface area contributed by atoms with Crippen LogP contribution in [0.15, 0.2) is 30.3 Å². The number of methoxy groups -OCH3 is 1. The van der Waals surface area contributed by atoms with E-state index < -0.39 is 30.1 Å². The third-order valence-corrected chi connectivity index (χ3v) is 5.58. The van der Waals surface area contributed by atoms with Crippen molar-refractivity contribution in [2.75, 3.05) is 20.2 Å². The number of alkyl carbamates (subject to hydrolysis) is 1. The summed E-state index contributed by atoms with van der Waals surface area (Å²) < 4.78 is 9.97. The summed E-state index contributed by atoms with van der Waals surface area (Å²) in [4.78, 5) is 49.4. The van der Waals surface area contributed by atoms with Crippen molar-refractivity contribution < 1.29 is 28.7 Å². The van der Waals surface area contributed by atoms with Crippen molar-refractivity contribution in [3.63, 3.8) is 0 Å². The highest BCUT2D eigenvalue weighted by Gasteiger charge is 2.31. The first-order chi connectivity index (χ1) is 16.3. The first-order valence-electron chi connectivity index (χ1n) is 11.7. The molecule has 3 atom stereocenters. The molecule has 0 aliphatic carbocycles. The van der Waals surface area contributed by atoms with E-state index in [0.717, 1.165) is 24.9 Å². The molecule has 10 heteroatoms. The SMILES string of the molecule is COC(=O)C(CCCNC(=O)OCc1ccccc1)NC(=O)C(NC(=O)[C@@H]1CCCN1)C(C)C. The van der Waals surface area contributed by atoms with Crippen LogP contribution in [0.4, 0.5) is 4.79 Å². The quantitative estimate of drug-likeness (QED) is 0.263. The standard InChI is InChI=1S/C24H36N4O6/c1-16(2)20(28-21(29)18-11-7-13-25-18)22(30)27-19(23(31)33-3)12-8-14-26-24(32)34-15-17-9-5-4-6-10-17/h4-6,9-10,16,18-20,25H,7-8,11-15H2,1-3H3,(H,26,32)(H,27,30)(H,28,29)/t18-,19?,20?/m0/s1. The Kier molecular flexibility index (Phi) is 11.3. The zero-order valence-corrected chi connectivity index (χ0v) is 20.1. The van der Waals surface area contributed by atoms with Crippen LogP contribution < -0.4 is 21.3 Å². The van der Waals surface area contributed by atoms with E-state index in [4.69, 9.17) is 9.47 Å². The number of nitrogens with one attached hydrogen (secondary N) is 4. The van der Waals surface area contributed by atoms with E-state index >= 15 is 0 Å². The third-order valence-electron chi connectivity index (χ3n) is 5.58. The molecular formula is C24H36N4O6. The minimum atomic E-state index is -0.901. The second-order valence-corrected chi connectivity index (χ2v) is 8.59. The molecule has 1 aromatic carbocycles. The molecule has 188 valence electrons. The average Bonchev–Trinajstić information content (AvgIpc) is 3.38. The number of ether oxygens (including phenoxy) is 2. The Morgan fingerprint density at radius 1 is 1.12 bits per heavy atom. The molecular weight excluding hydrogens is 440 g/mol. The average molecular weight is 477 g/mol. The van der Waals surface area contributed by atoms with Gasteiger partial charge in [0.15, 0.2) is 0 Å². The van der Waals surface area contributed by atoms with Crippen LogP contribution in [0.2, 0.25) is 0 Å². The van der Waals surface area contributed by atoms with E-state index in [9.17, 15) is 19.2 Å².